The molecule has 0 radical (unpaired) electrons. The highest BCUT2D eigenvalue weighted by Gasteiger charge is 2.16. The molecule has 1 aliphatic carbocycles. The molecule has 1 aromatic carbocycles. The summed E-state index contributed by atoms with van der Waals surface area (Å²) in [6.07, 6.45) is 9.60. The number of allylic oxidation sites excluding steroid dienone is 4. The lowest BCUT2D eigenvalue weighted by atomic mass is 10.1. The minimum absolute atomic E-state index is 0.0850. The van der Waals surface area contributed by atoms with Crippen LogP contribution in [0.1, 0.15) is 5.69 Å². The summed E-state index contributed by atoms with van der Waals surface area (Å²) < 4.78 is 28.7. The van der Waals surface area contributed by atoms with Crippen molar-refractivity contribution in [2.24, 2.45) is 0 Å². The first-order chi connectivity index (χ1) is 13.3. The van der Waals surface area contributed by atoms with Gasteiger partial charge in [-0.2, -0.15) is 4.98 Å². The number of halogens is 1. The third-order valence-corrected chi connectivity index (χ3v) is 5.60. The van der Waals surface area contributed by atoms with Gasteiger partial charge in [-0.3, -0.25) is 0 Å². The van der Waals surface area contributed by atoms with Crippen LogP contribution in [-0.4, -0.2) is 37.0 Å². The summed E-state index contributed by atoms with van der Waals surface area (Å²) in [6.45, 7) is 0. The molecule has 1 unspecified atom stereocenters. The number of benzene rings is 1. The van der Waals surface area contributed by atoms with Gasteiger partial charge in [0.2, 0.25) is 5.95 Å². The average molecular weight is 419 g/mol. The van der Waals surface area contributed by atoms with Crippen LogP contribution in [0.15, 0.2) is 54.6 Å². The Morgan fingerprint density at radius 3 is 2.68 bits per heavy atom. The van der Waals surface area contributed by atoms with E-state index >= 15 is 0 Å². The second-order valence-corrected chi connectivity index (χ2v) is 8.74. The summed E-state index contributed by atoms with van der Waals surface area (Å²) in [5.74, 6) is 1.13. The zero-order valence-electron chi connectivity index (χ0n) is 15.3. The number of rotatable bonds is 5. The van der Waals surface area contributed by atoms with Gasteiger partial charge in [-0.15, -0.1) is 0 Å². The van der Waals surface area contributed by atoms with Crippen molar-refractivity contribution >= 4 is 44.5 Å². The highest BCUT2D eigenvalue weighted by Crippen LogP contribution is 2.29. The van der Waals surface area contributed by atoms with E-state index < -0.39 is 15.1 Å². The number of sulfone groups is 1. The average Bonchev–Trinajstić information content (AvgIpc) is 2.87. The largest absolute Gasteiger partial charge is 0.495 e. The molecule has 1 aliphatic rings. The minimum Gasteiger partial charge on any atom is -0.495 e. The van der Waals surface area contributed by atoms with Gasteiger partial charge in [0.25, 0.3) is 0 Å². The van der Waals surface area contributed by atoms with Gasteiger partial charge in [0.1, 0.15) is 11.6 Å². The van der Waals surface area contributed by atoms with E-state index in [1.807, 2.05) is 0 Å². The number of nitrogen functional groups attached to an aromatic ring is 1. The highest BCUT2D eigenvalue weighted by molar-refractivity contribution is 7.91. The Balaban J connectivity index is 1.89. The number of hydrogen-bond acceptors (Lipinski definition) is 7. The maximum absolute atomic E-state index is 11.8. The molecule has 2 aromatic rings. The number of anilines is 3. The van der Waals surface area contributed by atoms with Crippen LogP contribution in [0.25, 0.3) is 5.57 Å². The van der Waals surface area contributed by atoms with Crippen LogP contribution >= 0.6 is 11.6 Å². The molecule has 1 aromatic heterocycles. The third-order valence-electron chi connectivity index (χ3n) is 4.00. The van der Waals surface area contributed by atoms with Crippen LogP contribution in [0, 0.1) is 0 Å². The normalized spacial score (nSPS) is 16.4. The second-order valence-electron chi connectivity index (χ2n) is 6.13. The lowest BCUT2D eigenvalue weighted by Gasteiger charge is -2.10. The van der Waals surface area contributed by atoms with Crippen LogP contribution in [-0.2, 0) is 9.84 Å². The Morgan fingerprint density at radius 1 is 1.21 bits per heavy atom. The number of ether oxygens (including phenoxy) is 1. The smallest absolute Gasteiger partial charge is 0.222 e. The molecule has 3 rings (SSSR count). The van der Waals surface area contributed by atoms with E-state index in [9.17, 15) is 8.42 Å². The van der Waals surface area contributed by atoms with Gasteiger partial charge in [0.15, 0.2) is 9.84 Å². The SMILES string of the molecule is COc1ccc(Nc2cc(C3=CC=CC(S(C)(=O)=O)C=C3)nc(N)n2)cc1Cl. The van der Waals surface area contributed by atoms with Crippen molar-refractivity contribution in [1.82, 2.24) is 9.97 Å². The van der Waals surface area contributed by atoms with Crippen molar-refractivity contribution in [2.75, 3.05) is 24.4 Å². The monoisotopic (exact) mass is 418 g/mol. The summed E-state index contributed by atoms with van der Waals surface area (Å²) in [7, 11) is -1.68. The molecule has 1 heterocycles. The zero-order valence-corrected chi connectivity index (χ0v) is 16.8. The van der Waals surface area contributed by atoms with E-state index in [0.717, 1.165) is 0 Å². The first-order valence-electron chi connectivity index (χ1n) is 8.27. The molecule has 0 saturated carbocycles. The molecule has 7 nitrogen and oxygen atoms in total. The molecule has 28 heavy (non-hydrogen) atoms. The lowest BCUT2D eigenvalue weighted by Crippen LogP contribution is -2.13. The summed E-state index contributed by atoms with van der Waals surface area (Å²) in [4.78, 5) is 8.44. The Hall–Kier alpha value is -2.84. The van der Waals surface area contributed by atoms with Crippen LogP contribution < -0.4 is 15.8 Å². The maximum Gasteiger partial charge on any atom is 0.222 e. The maximum atomic E-state index is 11.8. The Morgan fingerprint density at radius 2 is 2.00 bits per heavy atom. The molecule has 9 heteroatoms. The van der Waals surface area contributed by atoms with E-state index in [1.165, 1.54) is 6.26 Å². The van der Waals surface area contributed by atoms with E-state index in [1.54, 1.807) is 61.8 Å². The molecule has 0 aliphatic heterocycles. The van der Waals surface area contributed by atoms with E-state index in [0.29, 0.717) is 33.5 Å². The zero-order chi connectivity index (χ0) is 20.3. The van der Waals surface area contributed by atoms with Gasteiger partial charge < -0.3 is 15.8 Å². The van der Waals surface area contributed by atoms with Gasteiger partial charge in [0.05, 0.1) is 23.1 Å². The van der Waals surface area contributed by atoms with Crippen molar-refractivity contribution in [1.29, 1.82) is 0 Å². The summed E-state index contributed by atoms with van der Waals surface area (Å²) in [5, 5.41) is 2.91. The predicted molar refractivity (Wildman–Crippen MR) is 113 cm³/mol. The van der Waals surface area contributed by atoms with E-state index in [-0.39, 0.29) is 5.95 Å². The van der Waals surface area contributed by atoms with Crippen LogP contribution in [0.2, 0.25) is 5.02 Å². The summed E-state index contributed by atoms with van der Waals surface area (Å²) in [5.41, 5.74) is 7.84. The number of methoxy groups -OCH3 is 1. The number of nitrogens with zero attached hydrogens (tertiary/aromatic N) is 2. The first kappa shape index (κ1) is 19.9. The fraction of sp³-hybridized carbons (Fsp3) is 0.158. The number of aromatic nitrogens is 2. The lowest BCUT2D eigenvalue weighted by molar-refractivity contribution is 0.415. The van der Waals surface area contributed by atoms with Gasteiger partial charge in [0, 0.05) is 23.6 Å². The van der Waals surface area contributed by atoms with Crippen molar-refractivity contribution in [3.05, 3.63) is 65.4 Å². The fourth-order valence-corrected chi connectivity index (χ4v) is 3.61. The van der Waals surface area contributed by atoms with Crippen molar-refractivity contribution in [2.45, 2.75) is 5.25 Å². The predicted octanol–water partition coefficient (Wildman–Crippen LogP) is 3.39. The fourth-order valence-electron chi connectivity index (χ4n) is 2.61. The molecule has 0 fully saturated rings. The Labute approximate surface area is 168 Å². The molecule has 1 atom stereocenters. The van der Waals surface area contributed by atoms with Gasteiger partial charge in [-0.05, 0) is 18.2 Å². The van der Waals surface area contributed by atoms with Crippen LogP contribution in [0.5, 0.6) is 5.75 Å². The minimum atomic E-state index is -3.22. The molecule has 0 spiro atoms. The van der Waals surface area contributed by atoms with Crippen LogP contribution in [0.3, 0.4) is 0 Å². The summed E-state index contributed by atoms with van der Waals surface area (Å²) in [6, 6.07) is 6.97. The topological polar surface area (TPSA) is 107 Å². The van der Waals surface area contributed by atoms with Crippen molar-refractivity contribution in [3.63, 3.8) is 0 Å². The third kappa shape index (κ3) is 4.71. The quantitative estimate of drug-likeness (QED) is 0.766. The molecule has 0 saturated heterocycles. The molecular formula is C19H19ClN4O3S. The molecule has 146 valence electrons. The van der Waals surface area contributed by atoms with Gasteiger partial charge in [-0.1, -0.05) is 42.0 Å². The summed E-state index contributed by atoms with van der Waals surface area (Å²) >= 11 is 6.15. The van der Waals surface area contributed by atoms with Gasteiger partial charge in [-0.25, -0.2) is 13.4 Å². The van der Waals surface area contributed by atoms with Crippen LogP contribution in [0.4, 0.5) is 17.5 Å². The Bertz CT molecular complexity index is 1090. The molecule has 0 amide bonds. The van der Waals surface area contributed by atoms with Gasteiger partial charge >= 0.3 is 0 Å². The second kappa shape index (κ2) is 8.04. The van der Waals surface area contributed by atoms with Crippen molar-refractivity contribution in [3.8, 4) is 5.75 Å². The standard InChI is InChI=1S/C19H19ClN4O3S/c1-27-17-9-7-13(10-15(17)20)22-18-11-16(23-19(21)24-18)12-4-3-5-14(8-6-12)28(2,25)26/h3-11,14H,1-2H3,(H3,21,22,23,24). The first-order valence-corrected chi connectivity index (χ1v) is 10.6. The number of nitrogens with one attached hydrogen (secondary N) is 1. The number of nitrogens with two attached hydrogens (primary N) is 1. The number of hydrogen-bond donors (Lipinski definition) is 2. The molecule has 0 bridgehead atoms. The molecule has 3 N–H and O–H groups in total. The van der Waals surface area contributed by atoms with Crippen molar-refractivity contribution < 1.29 is 13.2 Å². The Kier molecular flexibility index (Phi) is 5.71. The molecular weight excluding hydrogens is 400 g/mol. The van der Waals surface area contributed by atoms with E-state index in [4.69, 9.17) is 22.1 Å². The van der Waals surface area contributed by atoms with E-state index in [2.05, 4.69) is 15.3 Å². The highest BCUT2D eigenvalue weighted by atomic mass is 35.5.